The highest BCUT2D eigenvalue weighted by atomic mass is 16.5. The first kappa shape index (κ1) is 20.4. The van der Waals surface area contributed by atoms with Crippen molar-refractivity contribution in [3.8, 4) is 17.2 Å². The van der Waals surface area contributed by atoms with Crippen LogP contribution < -0.4 is 14.2 Å². The zero-order valence-electron chi connectivity index (χ0n) is 18.4. The SMILES string of the molecule is COc1cc2c(cc1OC)C(c1ccccc1)N(C(=O)C1COc3ccccc3C1)CC2. The van der Waals surface area contributed by atoms with Gasteiger partial charge in [0.2, 0.25) is 5.91 Å². The summed E-state index contributed by atoms with van der Waals surface area (Å²) in [5.41, 5.74) is 4.46. The van der Waals surface area contributed by atoms with Crippen molar-refractivity contribution in [1.82, 2.24) is 4.90 Å². The molecule has 1 amide bonds. The number of amides is 1. The van der Waals surface area contributed by atoms with E-state index in [-0.39, 0.29) is 17.9 Å². The highest BCUT2D eigenvalue weighted by Gasteiger charge is 2.37. The van der Waals surface area contributed by atoms with E-state index in [2.05, 4.69) is 12.1 Å². The van der Waals surface area contributed by atoms with Gasteiger partial charge in [0.15, 0.2) is 11.5 Å². The first-order valence-corrected chi connectivity index (χ1v) is 11.0. The van der Waals surface area contributed by atoms with Gasteiger partial charge in [0.25, 0.3) is 0 Å². The number of benzene rings is 3. The molecular formula is C27H27NO4. The standard InChI is InChI=1S/C27H27NO4/c1-30-24-15-19-12-13-28(27(29)21-14-20-10-6-7-11-23(20)32-17-21)26(18-8-4-3-5-9-18)22(19)16-25(24)31-2/h3-11,15-16,21,26H,12-14,17H2,1-2H3. The van der Waals surface area contributed by atoms with Crippen LogP contribution in [0.15, 0.2) is 66.7 Å². The van der Waals surface area contributed by atoms with Crippen LogP contribution in [-0.4, -0.2) is 38.2 Å². The smallest absolute Gasteiger partial charge is 0.230 e. The van der Waals surface area contributed by atoms with Gasteiger partial charge in [-0.1, -0.05) is 48.5 Å². The third kappa shape index (κ3) is 3.58. The van der Waals surface area contributed by atoms with Crippen LogP contribution in [-0.2, 0) is 17.6 Å². The van der Waals surface area contributed by atoms with Crippen molar-refractivity contribution >= 4 is 5.91 Å². The summed E-state index contributed by atoms with van der Waals surface area (Å²) in [6.45, 7) is 1.06. The molecule has 2 unspecified atom stereocenters. The van der Waals surface area contributed by atoms with Crippen LogP contribution in [0.1, 0.15) is 28.3 Å². The van der Waals surface area contributed by atoms with E-state index >= 15 is 0 Å². The average molecular weight is 430 g/mol. The minimum atomic E-state index is -0.196. The molecule has 0 radical (unpaired) electrons. The highest BCUT2D eigenvalue weighted by molar-refractivity contribution is 5.81. The highest BCUT2D eigenvalue weighted by Crippen LogP contribution is 2.42. The monoisotopic (exact) mass is 429 g/mol. The predicted molar refractivity (Wildman–Crippen MR) is 122 cm³/mol. The molecule has 2 atom stereocenters. The number of carbonyl (C=O) groups is 1. The molecule has 2 aliphatic heterocycles. The fourth-order valence-corrected chi connectivity index (χ4v) is 4.90. The van der Waals surface area contributed by atoms with Crippen LogP contribution in [0, 0.1) is 5.92 Å². The van der Waals surface area contributed by atoms with E-state index in [0.29, 0.717) is 25.3 Å². The molecule has 3 aromatic rings. The van der Waals surface area contributed by atoms with Gasteiger partial charge in [-0.05, 0) is 53.3 Å². The summed E-state index contributed by atoms with van der Waals surface area (Å²) in [6, 6.07) is 22.1. The molecule has 5 rings (SSSR count). The quantitative estimate of drug-likeness (QED) is 0.616. The van der Waals surface area contributed by atoms with E-state index < -0.39 is 0 Å². The number of para-hydroxylation sites is 1. The fourth-order valence-electron chi connectivity index (χ4n) is 4.90. The first-order valence-electron chi connectivity index (χ1n) is 11.0. The molecule has 5 heteroatoms. The zero-order valence-corrected chi connectivity index (χ0v) is 18.4. The summed E-state index contributed by atoms with van der Waals surface area (Å²) < 4.78 is 17.1. The van der Waals surface area contributed by atoms with Gasteiger partial charge < -0.3 is 19.1 Å². The van der Waals surface area contributed by atoms with E-state index in [1.165, 1.54) is 5.56 Å². The molecule has 3 aromatic carbocycles. The zero-order chi connectivity index (χ0) is 22.1. The van der Waals surface area contributed by atoms with Gasteiger partial charge in [0.05, 0.1) is 26.2 Å². The predicted octanol–water partition coefficient (Wildman–Crippen LogP) is 4.43. The normalized spacial score (nSPS) is 19.4. The summed E-state index contributed by atoms with van der Waals surface area (Å²) >= 11 is 0. The van der Waals surface area contributed by atoms with E-state index in [4.69, 9.17) is 14.2 Å². The summed E-state index contributed by atoms with van der Waals surface area (Å²) in [5.74, 6) is 2.22. The van der Waals surface area contributed by atoms with Crippen LogP contribution in [0.5, 0.6) is 17.2 Å². The molecule has 2 aliphatic rings. The Hall–Kier alpha value is -3.47. The number of rotatable bonds is 4. The molecule has 164 valence electrons. The third-order valence-corrected chi connectivity index (χ3v) is 6.50. The molecule has 0 bridgehead atoms. The van der Waals surface area contributed by atoms with E-state index in [0.717, 1.165) is 34.6 Å². The molecule has 0 N–H and O–H groups in total. The number of nitrogens with zero attached hydrogens (tertiary/aromatic N) is 1. The molecule has 2 heterocycles. The van der Waals surface area contributed by atoms with Crippen molar-refractivity contribution in [2.24, 2.45) is 5.92 Å². The lowest BCUT2D eigenvalue weighted by Gasteiger charge is -2.40. The Morgan fingerprint density at radius 1 is 0.938 bits per heavy atom. The Morgan fingerprint density at radius 3 is 2.44 bits per heavy atom. The Kier molecular flexibility index (Phi) is 5.48. The van der Waals surface area contributed by atoms with Crippen molar-refractivity contribution in [2.75, 3.05) is 27.4 Å². The lowest BCUT2D eigenvalue weighted by Crippen LogP contribution is -2.46. The summed E-state index contributed by atoms with van der Waals surface area (Å²) in [6.07, 6.45) is 1.47. The second kappa shape index (κ2) is 8.58. The second-order valence-corrected chi connectivity index (χ2v) is 8.32. The van der Waals surface area contributed by atoms with E-state index in [1.807, 2.05) is 59.5 Å². The van der Waals surface area contributed by atoms with Gasteiger partial charge in [-0.15, -0.1) is 0 Å². The van der Waals surface area contributed by atoms with Crippen molar-refractivity contribution in [1.29, 1.82) is 0 Å². The maximum atomic E-state index is 13.8. The Labute approximate surface area is 188 Å². The molecule has 32 heavy (non-hydrogen) atoms. The van der Waals surface area contributed by atoms with Crippen molar-refractivity contribution in [2.45, 2.75) is 18.9 Å². The minimum absolute atomic E-state index is 0.133. The van der Waals surface area contributed by atoms with Crippen LogP contribution >= 0.6 is 0 Å². The van der Waals surface area contributed by atoms with Gasteiger partial charge in [0.1, 0.15) is 12.4 Å². The summed E-state index contributed by atoms with van der Waals surface area (Å²) in [7, 11) is 3.29. The number of ether oxygens (including phenoxy) is 3. The average Bonchev–Trinajstić information content (AvgIpc) is 2.86. The molecule has 0 fully saturated rings. The van der Waals surface area contributed by atoms with Gasteiger partial charge in [0, 0.05) is 6.54 Å². The molecule has 5 nitrogen and oxygen atoms in total. The number of methoxy groups -OCH3 is 2. The molecule has 0 spiro atoms. The van der Waals surface area contributed by atoms with Crippen molar-refractivity contribution in [3.63, 3.8) is 0 Å². The maximum Gasteiger partial charge on any atom is 0.230 e. The number of fused-ring (bicyclic) bond motifs is 2. The molecule has 0 aliphatic carbocycles. The largest absolute Gasteiger partial charge is 0.493 e. The number of carbonyl (C=O) groups excluding carboxylic acids is 1. The molecular weight excluding hydrogens is 402 g/mol. The fraction of sp³-hybridized carbons (Fsp3) is 0.296. The van der Waals surface area contributed by atoms with Gasteiger partial charge in [-0.25, -0.2) is 0 Å². The Balaban J connectivity index is 1.53. The lowest BCUT2D eigenvalue weighted by molar-refractivity contribution is -0.139. The van der Waals surface area contributed by atoms with Gasteiger partial charge >= 0.3 is 0 Å². The summed E-state index contributed by atoms with van der Waals surface area (Å²) in [4.78, 5) is 15.8. The summed E-state index contributed by atoms with van der Waals surface area (Å²) in [5, 5.41) is 0. The van der Waals surface area contributed by atoms with Crippen LogP contribution in [0.4, 0.5) is 0 Å². The maximum absolute atomic E-state index is 13.8. The molecule has 0 aromatic heterocycles. The van der Waals surface area contributed by atoms with Crippen molar-refractivity contribution < 1.29 is 19.0 Å². The Bertz CT molecular complexity index is 1130. The second-order valence-electron chi connectivity index (χ2n) is 8.32. The van der Waals surface area contributed by atoms with Crippen LogP contribution in [0.2, 0.25) is 0 Å². The molecule has 0 saturated heterocycles. The van der Waals surface area contributed by atoms with Gasteiger partial charge in [-0.2, -0.15) is 0 Å². The topological polar surface area (TPSA) is 48.0 Å². The minimum Gasteiger partial charge on any atom is -0.493 e. The first-order chi connectivity index (χ1) is 15.7. The third-order valence-electron chi connectivity index (χ3n) is 6.50. The number of hydrogen-bond donors (Lipinski definition) is 0. The van der Waals surface area contributed by atoms with E-state index in [1.54, 1.807) is 14.2 Å². The van der Waals surface area contributed by atoms with Gasteiger partial charge in [-0.3, -0.25) is 4.79 Å². The van der Waals surface area contributed by atoms with Crippen LogP contribution in [0.25, 0.3) is 0 Å². The van der Waals surface area contributed by atoms with Crippen molar-refractivity contribution in [3.05, 3.63) is 89.0 Å². The molecule has 0 saturated carbocycles. The van der Waals surface area contributed by atoms with E-state index in [9.17, 15) is 4.79 Å². The lowest BCUT2D eigenvalue weighted by atomic mass is 9.86. The number of hydrogen-bond acceptors (Lipinski definition) is 4. The Morgan fingerprint density at radius 2 is 1.66 bits per heavy atom. The van der Waals surface area contributed by atoms with Crippen LogP contribution in [0.3, 0.4) is 0 Å².